The van der Waals surface area contributed by atoms with Crippen molar-refractivity contribution in [2.45, 2.75) is 32.0 Å². The van der Waals surface area contributed by atoms with Gasteiger partial charge in [-0.1, -0.05) is 33.6 Å². The van der Waals surface area contributed by atoms with Crippen LogP contribution in [-0.2, 0) is 4.79 Å². The molecule has 0 fully saturated rings. The quantitative estimate of drug-likeness (QED) is 0.820. The lowest BCUT2D eigenvalue weighted by molar-refractivity contribution is -0.117. The van der Waals surface area contributed by atoms with Crippen LogP contribution in [0.5, 0.6) is 0 Å². The Hall–Kier alpha value is -0.830. The van der Waals surface area contributed by atoms with Crippen molar-refractivity contribution in [3.63, 3.8) is 0 Å². The van der Waals surface area contributed by atoms with Crippen LogP contribution in [0, 0.1) is 13.8 Å². The molecule has 2 nitrogen and oxygen atoms in total. The maximum atomic E-state index is 11.7. The van der Waals surface area contributed by atoms with E-state index in [0.717, 1.165) is 11.3 Å². The van der Waals surface area contributed by atoms with E-state index in [9.17, 15) is 4.79 Å². The highest BCUT2D eigenvalue weighted by atomic mass is 79.9. The van der Waals surface area contributed by atoms with Crippen LogP contribution < -0.4 is 5.32 Å². The lowest BCUT2D eigenvalue weighted by Gasteiger charge is -2.17. The number of hydrogen-bond acceptors (Lipinski definition) is 1. The van der Waals surface area contributed by atoms with Gasteiger partial charge in [0.1, 0.15) is 0 Å². The smallest absolute Gasteiger partial charge is 0.240 e. The second kappa shape index (κ2) is 4.35. The Balaban J connectivity index is 2.87. The Morgan fingerprint density at radius 1 is 1.33 bits per heavy atom. The first-order chi connectivity index (χ1) is 6.80. The molecule has 1 amide bonds. The summed E-state index contributed by atoms with van der Waals surface area (Å²) in [5.41, 5.74) is 3.15. The van der Waals surface area contributed by atoms with E-state index in [1.165, 1.54) is 5.56 Å². The maximum Gasteiger partial charge on any atom is 0.240 e. The third-order valence-corrected chi connectivity index (χ3v) is 2.53. The third-order valence-electron chi connectivity index (χ3n) is 2.17. The molecule has 0 atom stereocenters. The van der Waals surface area contributed by atoms with Crippen LogP contribution in [0.3, 0.4) is 0 Å². The zero-order valence-electron chi connectivity index (χ0n) is 9.52. The fourth-order valence-corrected chi connectivity index (χ4v) is 1.32. The zero-order valence-corrected chi connectivity index (χ0v) is 11.1. The van der Waals surface area contributed by atoms with Crippen LogP contribution in [0.4, 0.5) is 5.69 Å². The Bertz CT molecular complexity index is 380. The first-order valence-electron chi connectivity index (χ1n) is 4.88. The average Bonchev–Trinajstić information content (AvgIpc) is 2.08. The van der Waals surface area contributed by atoms with Crippen molar-refractivity contribution in [2.24, 2.45) is 0 Å². The lowest BCUT2D eigenvalue weighted by atomic mass is 10.1. The SMILES string of the molecule is Cc1ccc(NC(=O)C(C)(C)Br)c(C)c1. The molecule has 0 aliphatic rings. The molecule has 0 aliphatic carbocycles. The molecule has 82 valence electrons. The number of hydrogen-bond donors (Lipinski definition) is 1. The van der Waals surface area contributed by atoms with E-state index in [1.807, 2.05) is 39.8 Å². The number of alkyl halides is 1. The molecule has 0 unspecified atom stereocenters. The van der Waals surface area contributed by atoms with E-state index in [0.29, 0.717) is 0 Å². The van der Waals surface area contributed by atoms with Crippen molar-refractivity contribution in [3.05, 3.63) is 29.3 Å². The largest absolute Gasteiger partial charge is 0.325 e. The van der Waals surface area contributed by atoms with Crippen LogP contribution in [0.1, 0.15) is 25.0 Å². The van der Waals surface area contributed by atoms with E-state index in [1.54, 1.807) is 0 Å². The molecule has 1 aromatic rings. The standard InChI is InChI=1S/C12H16BrNO/c1-8-5-6-10(9(2)7-8)14-11(15)12(3,4)13/h5-7H,1-4H3,(H,14,15). The fourth-order valence-electron chi connectivity index (χ4n) is 1.22. The Morgan fingerprint density at radius 2 is 1.93 bits per heavy atom. The summed E-state index contributed by atoms with van der Waals surface area (Å²) in [5.74, 6) is -0.0329. The Kier molecular flexibility index (Phi) is 3.55. The summed E-state index contributed by atoms with van der Waals surface area (Å²) >= 11 is 3.33. The van der Waals surface area contributed by atoms with Gasteiger partial charge in [0, 0.05) is 5.69 Å². The van der Waals surface area contributed by atoms with Gasteiger partial charge in [0.25, 0.3) is 0 Å². The summed E-state index contributed by atoms with van der Waals surface area (Å²) in [6, 6.07) is 5.97. The molecular formula is C12H16BrNO. The van der Waals surface area contributed by atoms with Gasteiger partial charge >= 0.3 is 0 Å². The molecule has 0 saturated carbocycles. The maximum absolute atomic E-state index is 11.7. The summed E-state index contributed by atoms with van der Waals surface area (Å²) in [5, 5.41) is 2.89. The first-order valence-corrected chi connectivity index (χ1v) is 5.67. The number of carbonyl (C=O) groups is 1. The molecule has 0 spiro atoms. The van der Waals surface area contributed by atoms with Gasteiger partial charge in [-0.05, 0) is 39.3 Å². The minimum Gasteiger partial charge on any atom is -0.325 e. The van der Waals surface area contributed by atoms with Gasteiger partial charge in [-0.3, -0.25) is 4.79 Å². The van der Waals surface area contributed by atoms with Crippen LogP contribution in [0.15, 0.2) is 18.2 Å². The minimum absolute atomic E-state index is 0.0329. The Morgan fingerprint density at radius 3 is 2.40 bits per heavy atom. The summed E-state index contributed by atoms with van der Waals surface area (Å²) in [6.07, 6.45) is 0. The van der Waals surface area contributed by atoms with E-state index in [-0.39, 0.29) is 5.91 Å². The number of halogens is 1. The van der Waals surface area contributed by atoms with Crippen LogP contribution in [0.2, 0.25) is 0 Å². The number of rotatable bonds is 2. The molecule has 1 aromatic carbocycles. The van der Waals surface area contributed by atoms with Gasteiger partial charge in [0.2, 0.25) is 5.91 Å². The monoisotopic (exact) mass is 269 g/mol. The first kappa shape index (κ1) is 12.2. The molecule has 0 radical (unpaired) electrons. The fraction of sp³-hybridized carbons (Fsp3) is 0.417. The van der Waals surface area contributed by atoms with Crippen molar-refractivity contribution >= 4 is 27.5 Å². The van der Waals surface area contributed by atoms with Crippen LogP contribution >= 0.6 is 15.9 Å². The lowest BCUT2D eigenvalue weighted by Crippen LogP contribution is -2.31. The second-order valence-corrected chi connectivity index (χ2v) is 6.23. The molecule has 0 aliphatic heterocycles. The average molecular weight is 270 g/mol. The number of nitrogens with one attached hydrogen (secondary N) is 1. The zero-order chi connectivity index (χ0) is 11.6. The van der Waals surface area contributed by atoms with E-state index in [4.69, 9.17) is 0 Å². The molecule has 1 rings (SSSR count). The van der Waals surface area contributed by atoms with Crippen molar-refractivity contribution in [2.75, 3.05) is 5.32 Å². The molecule has 0 bridgehead atoms. The normalized spacial score (nSPS) is 11.3. The summed E-state index contributed by atoms with van der Waals surface area (Å²) in [7, 11) is 0. The highest BCUT2D eigenvalue weighted by molar-refractivity contribution is 9.10. The molecule has 0 saturated heterocycles. The van der Waals surface area contributed by atoms with Crippen molar-refractivity contribution in [3.8, 4) is 0 Å². The number of aryl methyl sites for hydroxylation is 2. The number of amides is 1. The molecule has 1 N–H and O–H groups in total. The number of carbonyl (C=O) groups excluding carboxylic acids is 1. The van der Waals surface area contributed by atoms with Gasteiger partial charge in [0.05, 0.1) is 4.32 Å². The topological polar surface area (TPSA) is 29.1 Å². The summed E-state index contributed by atoms with van der Waals surface area (Å²) in [6.45, 7) is 7.68. The second-order valence-electron chi connectivity index (χ2n) is 4.24. The van der Waals surface area contributed by atoms with E-state index in [2.05, 4.69) is 27.3 Å². The third kappa shape index (κ3) is 3.34. The summed E-state index contributed by atoms with van der Waals surface area (Å²) < 4.78 is -0.537. The Labute approximate surface area is 99.2 Å². The molecule has 0 heterocycles. The van der Waals surface area contributed by atoms with Gasteiger partial charge < -0.3 is 5.32 Å². The van der Waals surface area contributed by atoms with Crippen molar-refractivity contribution in [1.29, 1.82) is 0 Å². The highest BCUT2D eigenvalue weighted by Gasteiger charge is 2.23. The minimum atomic E-state index is -0.537. The van der Waals surface area contributed by atoms with Crippen molar-refractivity contribution in [1.82, 2.24) is 0 Å². The van der Waals surface area contributed by atoms with Gasteiger partial charge in [-0.2, -0.15) is 0 Å². The number of anilines is 1. The molecular weight excluding hydrogens is 254 g/mol. The van der Waals surface area contributed by atoms with Crippen LogP contribution in [0.25, 0.3) is 0 Å². The molecule has 3 heteroatoms. The summed E-state index contributed by atoms with van der Waals surface area (Å²) in [4.78, 5) is 11.7. The predicted octanol–water partition coefficient (Wildman–Crippen LogP) is 3.42. The van der Waals surface area contributed by atoms with Gasteiger partial charge in [0.15, 0.2) is 0 Å². The van der Waals surface area contributed by atoms with E-state index >= 15 is 0 Å². The van der Waals surface area contributed by atoms with Crippen molar-refractivity contribution < 1.29 is 4.79 Å². The van der Waals surface area contributed by atoms with Gasteiger partial charge in [-0.15, -0.1) is 0 Å². The van der Waals surface area contributed by atoms with Crippen LogP contribution in [-0.4, -0.2) is 10.2 Å². The van der Waals surface area contributed by atoms with Gasteiger partial charge in [-0.25, -0.2) is 0 Å². The number of benzene rings is 1. The van der Waals surface area contributed by atoms with E-state index < -0.39 is 4.32 Å². The highest BCUT2D eigenvalue weighted by Crippen LogP contribution is 2.21. The molecule has 0 aromatic heterocycles. The molecule has 15 heavy (non-hydrogen) atoms. The predicted molar refractivity (Wildman–Crippen MR) is 67.6 cm³/mol.